The van der Waals surface area contributed by atoms with Crippen LogP contribution in [-0.2, 0) is 9.53 Å². The minimum Gasteiger partial charge on any atom is -0.481 e. The molecule has 0 saturated carbocycles. The zero-order chi connectivity index (χ0) is 18.4. The fourth-order valence-electron chi connectivity index (χ4n) is 2.59. The van der Waals surface area contributed by atoms with Gasteiger partial charge >= 0.3 is 12.1 Å². The van der Waals surface area contributed by atoms with Crippen LogP contribution in [0.3, 0.4) is 0 Å². The predicted octanol–water partition coefficient (Wildman–Crippen LogP) is 3.03. The van der Waals surface area contributed by atoms with Gasteiger partial charge in [-0.3, -0.25) is 4.79 Å². The van der Waals surface area contributed by atoms with Crippen LogP contribution in [0.2, 0.25) is 0 Å². The molecule has 0 aromatic carbocycles. The van der Waals surface area contributed by atoms with Crippen molar-refractivity contribution in [2.75, 3.05) is 0 Å². The van der Waals surface area contributed by atoms with Gasteiger partial charge in [0.2, 0.25) is 0 Å². The van der Waals surface area contributed by atoms with Crippen LogP contribution in [0.15, 0.2) is 0 Å². The SMILES string of the molecule is CC(C)CC(C[C@@H](O)[C@H](C(=O)O)C(C)C)NC(=O)OC(C)(C)C. The molecule has 0 rings (SSSR count). The van der Waals surface area contributed by atoms with Gasteiger partial charge in [-0.2, -0.15) is 0 Å². The Bertz CT molecular complexity index is 387. The molecule has 0 heterocycles. The molecule has 6 nitrogen and oxygen atoms in total. The molecule has 0 fully saturated rings. The molecule has 0 saturated heterocycles. The van der Waals surface area contributed by atoms with Crippen molar-refractivity contribution in [2.24, 2.45) is 17.8 Å². The maximum absolute atomic E-state index is 11.9. The third-order valence-corrected chi connectivity index (χ3v) is 3.42. The number of carboxylic acids is 1. The Hall–Kier alpha value is -1.30. The molecule has 0 aliphatic carbocycles. The van der Waals surface area contributed by atoms with E-state index in [-0.39, 0.29) is 18.4 Å². The lowest BCUT2D eigenvalue weighted by atomic mass is 9.85. The highest BCUT2D eigenvalue weighted by atomic mass is 16.6. The van der Waals surface area contributed by atoms with E-state index in [0.717, 1.165) is 0 Å². The molecular weight excluding hydrogens is 298 g/mol. The molecule has 3 N–H and O–H groups in total. The lowest BCUT2D eigenvalue weighted by Gasteiger charge is -2.29. The van der Waals surface area contributed by atoms with Gasteiger partial charge in [0.05, 0.1) is 12.0 Å². The Labute approximate surface area is 139 Å². The van der Waals surface area contributed by atoms with Crippen LogP contribution in [0.4, 0.5) is 4.79 Å². The van der Waals surface area contributed by atoms with Gasteiger partial charge in [-0.25, -0.2) is 4.79 Å². The van der Waals surface area contributed by atoms with Crippen LogP contribution in [0.25, 0.3) is 0 Å². The first-order chi connectivity index (χ1) is 10.3. The van der Waals surface area contributed by atoms with E-state index in [4.69, 9.17) is 4.74 Å². The number of aliphatic hydroxyl groups excluding tert-OH is 1. The Morgan fingerprint density at radius 3 is 1.96 bits per heavy atom. The first-order valence-corrected chi connectivity index (χ1v) is 8.23. The second-order valence-corrected chi connectivity index (χ2v) is 7.88. The Balaban J connectivity index is 4.90. The van der Waals surface area contributed by atoms with E-state index in [1.165, 1.54) is 0 Å². The highest BCUT2D eigenvalue weighted by Crippen LogP contribution is 2.22. The maximum atomic E-state index is 11.9. The molecule has 0 aromatic rings. The second kappa shape index (κ2) is 9.11. The topological polar surface area (TPSA) is 95.9 Å². The van der Waals surface area contributed by atoms with Gasteiger partial charge in [0.1, 0.15) is 5.60 Å². The highest BCUT2D eigenvalue weighted by Gasteiger charge is 2.32. The maximum Gasteiger partial charge on any atom is 0.407 e. The van der Waals surface area contributed by atoms with Gasteiger partial charge in [-0.15, -0.1) is 0 Å². The van der Waals surface area contributed by atoms with Crippen LogP contribution < -0.4 is 5.32 Å². The molecular formula is C17H33NO5. The van der Waals surface area contributed by atoms with Crippen molar-refractivity contribution in [3.8, 4) is 0 Å². The van der Waals surface area contributed by atoms with Crippen molar-refractivity contribution in [3.63, 3.8) is 0 Å². The summed E-state index contributed by atoms with van der Waals surface area (Å²) in [4.78, 5) is 23.3. The van der Waals surface area contributed by atoms with Crippen LogP contribution in [0.1, 0.15) is 61.3 Å². The standard InChI is InChI=1S/C17H33NO5/c1-10(2)8-12(18-16(22)23-17(5,6)7)9-13(19)14(11(3)4)15(20)21/h10-14,19H,8-9H2,1-7H3,(H,18,22)(H,20,21)/t12?,13-,14-/m1/s1. The van der Waals surface area contributed by atoms with E-state index in [2.05, 4.69) is 5.32 Å². The minimum atomic E-state index is -1.02. The Morgan fingerprint density at radius 2 is 1.61 bits per heavy atom. The second-order valence-electron chi connectivity index (χ2n) is 7.88. The number of aliphatic carboxylic acids is 1. The van der Waals surface area contributed by atoms with E-state index in [0.29, 0.717) is 12.3 Å². The average Bonchev–Trinajstić information content (AvgIpc) is 2.22. The van der Waals surface area contributed by atoms with Crippen LogP contribution in [-0.4, -0.2) is 40.0 Å². The molecule has 136 valence electrons. The number of aliphatic hydroxyl groups is 1. The number of amides is 1. The van der Waals surface area contributed by atoms with Crippen molar-refractivity contribution >= 4 is 12.1 Å². The van der Waals surface area contributed by atoms with Gasteiger partial charge < -0.3 is 20.3 Å². The highest BCUT2D eigenvalue weighted by molar-refractivity contribution is 5.71. The largest absolute Gasteiger partial charge is 0.481 e. The third-order valence-electron chi connectivity index (χ3n) is 3.42. The lowest BCUT2D eigenvalue weighted by molar-refractivity contribution is -0.148. The summed E-state index contributed by atoms with van der Waals surface area (Å²) < 4.78 is 5.24. The molecule has 6 heteroatoms. The van der Waals surface area contributed by atoms with Gasteiger partial charge in [-0.05, 0) is 45.4 Å². The molecule has 23 heavy (non-hydrogen) atoms. The molecule has 0 bridgehead atoms. The summed E-state index contributed by atoms with van der Waals surface area (Å²) in [6.07, 6.45) is -0.745. The lowest BCUT2D eigenvalue weighted by Crippen LogP contribution is -2.44. The molecule has 1 amide bonds. The summed E-state index contributed by atoms with van der Waals surface area (Å²) in [6, 6.07) is -0.333. The fourth-order valence-corrected chi connectivity index (χ4v) is 2.59. The minimum absolute atomic E-state index is 0.187. The van der Waals surface area contributed by atoms with Crippen LogP contribution in [0, 0.1) is 17.8 Å². The first-order valence-electron chi connectivity index (χ1n) is 8.23. The van der Waals surface area contributed by atoms with E-state index in [1.807, 2.05) is 13.8 Å². The van der Waals surface area contributed by atoms with Crippen LogP contribution >= 0.6 is 0 Å². The number of nitrogens with one attached hydrogen (secondary N) is 1. The third kappa shape index (κ3) is 9.43. The zero-order valence-corrected chi connectivity index (χ0v) is 15.4. The molecule has 0 aromatic heterocycles. The smallest absolute Gasteiger partial charge is 0.407 e. The summed E-state index contributed by atoms with van der Waals surface area (Å²) in [5.74, 6) is -1.77. The van der Waals surface area contributed by atoms with E-state index in [1.54, 1.807) is 34.6 Å². The van der Waals surface area contributed by atoms with E-state index >= 15 is 0 Å². The summed E-state index contributed by atoms with van der Waals surface area (Å²) >= 11 is 0. The van der Waals surface area contributed by atoms with Crippen molar-refractivity contribution < 1.29 is 24.5 Å². The Morgan fingerprint density at radius 1 is 1.09 bits per heavy atom. The fraction of sp³-hybridized carbons (Fsp3) is 0.882. The van der Waals surface area contributed by atoms with Gasteiger partial charge in [0.15, 0.2) is 0 Å². The average molecular weight is 331 g/mol. The number of hydrogen-bond donors (Lipinski definition) is 3. The molecule has 0 aliphatic heterocycles. The van der Waals surface area contributed by atoms with Crippen LogP contribution in [0.5, 0.6) is 0 Å². The summed E-state index contributed by atoms with van der Waals surface area (Å²) in [6.45, 7) is 12.9. The van der Waals surface area contributed by atoms with E-state index in [9.17, 15) is 19.8 Å². The normalized spacial score (nSPS) is 16.1. The number of ether oxygens (including phenoxy) is 1. The quantitative estimate of drug-likeness (QED) is 0.635. The van der Waals surface area contributed by atoms with Crippen molar-refractivity contribution in [1.29, 1.82) is 0 Å². The van der Waals surface area contributed by atoms with E-state index < -0.39 is 29.7 Å². The number of carbonyl (C=O) groups excluding carboxylic acids is 1. The molecule has 3 atom stereocenters. The van der Waals surface area contributed by atoms with Gasteiger partial charge in [-0.1, -0.05) is 27.7 Å². The van der Waals surface area contributed by atoms with Crippen molar-refractivity contribution in [1.82, 2.24) is 5.32 Å². The van der Waals surface area contributed by atoms with Crippen molar-refractivity contribution in [2.45, 2.75) is 79.1 Å². The number of alkyl carbamates (subject to hydrolysis) is 1. The first kappa shape index (κ1) is 21.7. The summed E-state index contributed by atoms with van der Waals surface area (Å²) in [5.41, 5.74) is -0.605. The molecule has 0 radical (unpaired) electrons. The summed E-state index contributed by atoms with van der Waals surface area (Å²) in [7, 11) is 0. The number of carboxylic acid groups (broad SMARTS) is 1. The summed E-state index contributed by atoms with van der Waals surface area (Å²) in [5, 5.41) is 22.3. The molecule has 0 aliphatic rings. The van der Waals surface area contributed by atoms with Gasteiger partial charge in [0.25, 0.3) is 0 Å². The monoisotopic (exact) mass is 331 g/mol. The Kier molecular flexibility index (Phi) is 8.59. The number of rotatable bonds is 8. The predicted molar refractivity (Wildman–Crippen MR) is 89.2 cm³/mol. The number of hydrogen-bond acceptors (Lipinski definition) is 4. The van der Waals surface area contributed by atoms with Crippen molar-refractivity contribution in [3.05, 3.63) is 0 Å². The number of carbonyl (C=O) groups is 2. The van der Waals surface area contributed by atoms with Gasteiger partial charge in [0, 0.05) is 6.04 Å². The zero-order valence-electron chi connectivity index (χ0n) is 15.4. The molecule has 0 spiro atoms. The molecule has 1 unspecified atom stereocenters.